The zero-order valence-electron chi connectivity index (χ0n) is 14.9. The number of nitrogens with zero attached hydrogens (tertiary/aromatic N) is 1. The lowest BCUT2D eigenvalue weighted by molar-refractivity contribution is 0.419. The van der Waals surface area contributed by atoms with Gasteiger partial charge in [-0.2, -0.15) is 0 Å². The smallest absolute Gasteiger partial charge is 0.142 e. The lowest BCUT2D eigenvalue weighted by Crippen LogP contribution is -2.57. The molecule has 3 aliphatic rings. The molecule has 26 heavy (non-hydrogen) atoms. The maximum Gasteiger partial charge on any atom is 0.142 e. The molecule has 138 valence electrons. The number of fused-ring (bicyclic) bond motifs is 1. The van der Waals surface area contributed by atoms with Crippen molar-refractivity contribution in [3.05, 3.63) is 46.8 Å². The Morgan fingerprint density at radius 2 is 1.96 bits per heavy atom. The molecule has 1 aliphatic carbocycles. The van der Waals surface area contributed by atoms with E-state index in [0.717, 1.165) is 49.6 Å². The highest BCUT2D eigenvalue weighted by atomic mass is 35.5. The number of nitrogens with one attached hydrogen (secondary N) is 3. The quantitative estimate of drug-likeness (QED) is 0.717. The molecule has 1 spiro atoms. The van der Waals surface area contributed by atoms with Gasteiger partial charge in [0.15, 0.2) is 0 Å². The summed E-state index contributed by atoms with van der Waals surface area (Å²) in [7, 11) is 0. The van der Waals surface area contributed by atoms with Gasteiger partial charge in [-0.15, -0.1) is 0 Å². The number of allylic oxidation sites excluding steroid dienone is 2. The molecule has 0 aromatic heterocycles. The van der Waals surface area contributed by atoms with Gasteiger partial charge in [0, 0.05) is 5.57 Å². The first kappa shape index (κ1) is 17.6. The van der Waals surface area contributed by atoms with Gasteiger partial charge in [-0.25, -0.2) is 4.39 Å². The molecular formula is C20H24ClFN4. The molecule has 1 aromatic carbocycles. The summed E-state index contributed by atoms with van der Waals surface area (Å²) in [5, 5.41) is 10.9. The Kier molecular flexibility index (Phi) is 4.76. The van der Waals surface area contributed by atoms with Crippen molar-refractivity contribution in [3.8, 4) is 0 Å². The monoisotopic (exact) mass is 374 g/mol. The maximum absolute atomic E-state index is 14.5. The third kappa shape index (κ3) is 3.14. The third-order valence-corrected chi connectivity index (χ3v) is 6.05. The average molecular weight is 375 g/mol. The van der Waals surface area contributed by atoms with E-state index in [4.69, 9.17) is 16.6 Å². The molecule has 1 aromatic rings. The van der Waals surface area contributed by atoms with Crippen LogP contribution in [0.3, 0.4) is 0 Å². The molecule has 0 bridgehead atoms. The van der Waals surface area contributed by atoms with Crippen LogP contribution in [-0.4, -0.2) is 31.0 Å². The summed E-state index contributed by atoms with van der Waals surface area (Å²) >= 11 is 6.12. The van der Waals surface area contributed by atoms with Crippen LogP contribution in [-0.2, 0) is 0 Å². The topological polar surface area (TPSA) is 48.5 Å². The van der Waals surface area contributed by atoms with Crippen molar-refractivity contribution >= 4 is 28.8 Å². The zero-order valence-corrected chi connectivity index (χ0v) is 15.7. The summed E-state index contributed by atoms with van der Waals surface area (Å²) in [6, 6.07) is 8.14. The van der Waals surface area contributed by atoms with E-state index in [1.54, 1.807) is 0 Å². The average Bonchev–Trinajstić information content (AvgIpc) is 2.66. The largest absolute Gasteiger partial charge is 0.371 e. The van der Waals surface area contributed by atoms with Gasteiger partial charge >= 0.3 is 0 Å². The fourth-order valence-electron chi connectivity index (χ4n) is 3.85. The van der Waals surface area contributed by atoms with E-state index in [9.17, 15) is 4.39 Å². The van der Waals surface area contributed by atoms with Gasteiger partial charge in [0.1, 0.15) is 11.7 Å². The van der Waals surface area contributed by atoms with Crippen LogP contribution in [0.15, 0.2) is 51.8 Å². The Balaban J connectivity index is 1.64. The predicted molar refractivity (Wildman–Crippen MR) is 107 cm³/mol. The Bertz CT molecular complexity index is 793. The lowest BCUT2D eigenvalue weighted by atomic mass is 9.84. The number of rotatable bonds is 2. The van der Waals surface area contributed by atoms with Gasteiger partial charge in [-0.3, -0.25) is 4.99 Å². The fourth-order valence-corrected chi connectivity index (χ4v) is 4.06. The first-order valence-electron chi connectivity index (χ1n) is 9.23. The minimum atomic E-state index is -0.307. The second-order valence-corrected chi connectivity index (χ2v) is 7.73. The second kappa shape index (κ2) is 7.05. The summed E-state index contributed by atoms with van der Waals surface area (Å²) in [5.74, 6) is 0.629. The second-order valence-electron chi connectivity index (χ2n) is 7.32. The summed E-state index contributed by atoms with van der Waals surface area (Å²) in [6.45, 7) is 4.09. The van der Waals surface area contributed by atoms with E-state index in [-0.39, 0.29) is 17.3 Å². The molecule has 0 amide bonds. The number of para-hydroxylation sites is 2. The lowest BCUT2D eigenvalue weighted by Gasteiger charge is -2.44. The van der Waals surface area contributed by atoms with Crippen molar-refractivity contribution in [1.29, 1.82) is 0 Å². The van der Waals surface area contributed by atoms with Crippen molar-refractivity contribution in [2.75, 3.05) is 30.3 Å². The summed E-state index contributed by atoms with van der Waals surface area (Å²) in [6.07, 6.45) is 4.55. The molecule has 1 unspecified atom stereocenters. The molecule has 1 saturated heterocycles. The van der Waals surface area contributed by atoms with Crippen molar-refractivity contribution in [3.63, 3.8) is 0 Å². The van der Waals surface area contributed by atoms with Crippen LogP contribution in [0, 0.1) is 5.92 Å². The van der Waals surface area contributed by atoms with Crippen LogP contribution in [0.2, 0.25) is 0 Å². The Labute approximate surface area is 158 Å². The standard InChI is InChI=1S/C20H24ClFN4/c1-13-6-7-14(18(22)17(13)21)12-24-19-20(8-10-23-11-9-20)26-16-5-3-2-4-15(16)25-19/h2-5,7,13,23,26H,6,8-12H2,1H3,(H,24,25). The highest BCUT2D eigenvalue weighted by Gasteiger charge is 2.40. The van der Waals surface area contributed by atoms with Crippen molar-refractivity contribution in [2.24, 2.45) is 10.9 Å². The molecular weight excluding hydrogens is 351 g/mol. The molecule has 3 N–H and O–H groups in total. The number of hydrogen-bond donors (Lipinski definition) is 3. The van der Waals surface area contributed by atoms with Crippen molar-refractivity contribution in [1.82, 2.24) is 5.32 Å². The molecule has 0 saturated carbocycles. The zero-order chi connectivity index (χ0) is 18.1. The number of piperidine rings is 1. The molecule has 4 rings (SSSR count). The first-order valence-corrected chi connectivity index (χ1v) is 9.61. The van der Waals surface area contributed by atoms with E-state index >= 15 is 0 Å². The van der Waals surface area contributed by atoms with Crippen molar-refractivity contribution in [2.45, 2.75) is 31.7 Å². The molecule has 2 heterocycles. The number of halogens is 2. The van der Waals surface area contributed by atoms with Gasteiger partial charge < -0.3 is 16.0 Å². The normalized spacial score (nSPS) is 26.2. The van der Waals surface area contributed by atoms with E-state index in [2.05, 4.69) is 22.0 Å². The van der Waals surface area contributed by atoms with Gasteiger partial charge in [0.05, 0.1) is 28.5 Å². The van der Waals surface area contributed by atoms with E-state index < -0.39 is 0 Å². The predicted octanol–water partition coefficient (Wildman–Crippen LogP) is 4.43. The number of anilines is 2. The summed E-state index contributed by atoms with van der Waals surface area (Å²) in [5.41, 5.74) is 2.46. The maximum atomic E-state index is 14.5. The molecule has 1 fully saturated rings. The number of aliphatic imine (C=N–C) groups is 1. The van der Waals surface area contributed by atoms with Gasteiger partial charge in [-0.1, -0.05) is 36.7 Å². The molecule has 0 radical (unpaired) electrons. The van der Waals surface area contributed by atoms with E-state index in [0.29, 0.717) is 17.2 Å². The third-order valence-electron chi connectivity index (χ3n) is 5.51. The highest BCUT2D eigenvalue weighted by molar-refractivity contribution is 6.30. The Morgan fingerprint density at radius 3 is 2.73 bits per heavy atom. The van der Waals surface area contributed by atoms with Crippen molar-refractivity contribution < 1.29 is 4.39 Å². The van der Waals surface area contributed by atoms with E-state index in [1.165, 1.54) is 0 Å². The first-order chi connectivity index (χ1) is 12.6. The Hall–Kier alpha value is -1.85. The molecule has 2 aliphatic heterocycles. The van der Waals surface area contributed by atoms with E-state index in [1.807, 2.05) is 31.2 Å². The molecule has 4 nitrogen and oxygen atoms in total. The molecule has 1 atom stereocenters. The highest BCUT2D eigenvalue weighted by Crippen LogP contribution is 2.37. The molecule has 6 heteroatoms. The summed E-state index contributed by atoms with van der Waals surface area (Å²) < 4.78 is 14.5. The van der Waals surface area contributed by atoms with Crippen LogP contribution in [0.1, 0.15) is 26.2 Å². The number of amidine groups is 1. The SMILES string of the molecule is CC1CC=C(CN=C2Nc3ccccc3NC23CCNCC3)C(F)=C1Cl. The minimum absolute atomic E-state index is 0.0465. The van der Waals surface area contributed by atoms with Crippen LogP contribution >= 0.6 is 11.6 Å². The van der Waals surface area contributed by atoms with Crippen LogP contribution in [0.25, 0.3) is 0 Å². The van der Waals surface area contributed by atoms with Crippen LogP contribution in [0.4, 0.5) is 15.8 Å². The van der Waals surface area contributed by atoms with Crippen LogP contribution < -0.4 is 16.0 Å². The summed E-state index contributed by atoms with van der Waals surface area (Å²) in [4.78, 5) is 4.81. The van der Waals surface area contributed by atoms with Gasteiger partial charge in [0.25, 0.3) is 0 Å². The van der Waals surface area contributed by atoms with Crippen LogP contribution in [0.5, 0.6) is 0 Å². The Morgan fingerprint density at radius 1 is 1.23 bits per heavy atom. The fraction of sp³-hybridized carbons (Fsp3) is 0.450. The van der Waals surface area contributed by atoms with Gasteiger partial charge in [-0.05, 0) is 50.4 Å². The number of hydrogen-bond acceptors (Lipinski definition) is 3. The minimum Gasteiger partial charge on any atom is -0.371 e. The van der Waals surface area contributed by atoms with Gasteiger partial charge in [0.2, 0.25) is 0 Å². The number of benzene rings is 1.